The minimum absolute atomic E-state index is 0. The van der Waals surface area contributed by atoms with E-state index in [2.05, 4.69) is 0 Å². The number of rotatable bonds is 0. The van der Waals surface area contributed by atoms with Gasteiger partial charge in [-0.05, 0) is 0 Å². The van der Waals surface area contributed by atoms with Gasteiger partial charge < -0.3 is 9.11 Å². The molecule has 11 heavy (non-hydrogen) atoms. The molecule has 0 radical (unpaired) electrons. The Morgan fingerprint density at radius 1 is 1.09 bits per heavy atom. The molecule has 0 heterocycles. The van der Waals surface area contributed by atoms with Crippen LogP contribution >= 0.6 is 0 Å². The van der Waals surface area contributed by atoms with Crippen molar-refractivity contribution in [1.29, 1.82) is 0 Å². The average molecular weight is 234 g/mol. The van der Waals surface area contributed by atoms with Gasteiger partial charge in [-0.15, -0.1) is 0 Å². The zero-order valence-electron chi connectivity index (χ0n) is 5.21. The smallest absolute Gasteiger partial charge is 0.759 e. The molecule has 1 N–H and O–H groups in total. The molecule has 0 atom stereocenters. The molecule has 7 nitrogen and oxygen atoms in total. The Morgan fingerprint density at radius 2 is 1.09 bits per heavy atom. The summed E-state index contributed by atoms with van der Waals surface area (Å²) in [5, 5.41) is 0. The van der Waals surface area contributed by atoms with E-state index in [1.807, 2.05) is 11.7 Å². The fraction of sp³-hybridized carbons (Fsp3) is 0. The van der Waals surface area contributed by atoms with Gasteiger partial charge in [0.15, 0.2) is 0 Å². The van der Waals surface area contributed by atoms with Crippen LogP contribution in [0.4, 0.5) is 0 Å². The van der Waals surface area contributed by atoms with E-state index in [0.717, 1.165) is 0 Å². The van der Waals surface area contributed by atoms with Crippen molar-refractivity contribution in [2.45, 2.75) is 0 Å². The predicted octanol–water partition coefficient (Wildman–Crippen LogP) is -5.53. The van der Waals surface area contributed by atoms with E-state index in [9.17, 15) is 0 Å². The summed E-state index contributed by atoms with van der Waals surface area (Å²) in [5.74, 6) is 0. The standard InChI is InChI=1S/Na.H2O4S.H2O3S2/c;2*1-5(2,3)4/h;2*(H2,1,2,3,4)/q+1;;/p-1. The first-order valence-electron chi connectivity index (χ1n) is 1.39. The van der Waals surface area contributed by atoms with Gasteiger partial charge in [0.1, 0.15) is 11.7 Å². The molecule has 0 aromatic rings. The quantitative estimate of drug-likeness (QED) is 0.145. The average Bonchev–Trinajstić information content (AvgIpc) is 1.12. The molecule has 0 fully saturated rings. The molecule has 0 unspecified atom stereocenters. The van der Waals surface area contributed by atoms with E-state index in [4.69, 9.17) is 30.5 Å². The molecular formula is H3NaO7S3. The van der Waals surface area contributed by atoms with E-state index in [0.29, 0.717) is 0 Å². The second-order valence-electron chi connectivity index (χ2n) is 0.883. The van der Waals surface area contributed by atoms with Gasteiger partial charge in [0, 0.05) is 10.4 Å². The first-order chi connectivity index (χ1) is 4.00. The monoisotopic (exact) mass is 234 g/mol. The minimum atomic E-state index is -5.17. The van der Waals surface area contributed by atoms with E-state index in [1.165, 1.54) is 0 Å². The summed E-state index contributed by atoms with van der Waals surface area (Å²) < 4.78 is 59.7. The second kappa shape index (κ2) is 6.62. The summed E-state index contributed by atoms with van der Waals surface area (Å²) in [6.45, 7) is 0. The Balaban J connectivity index is -0.000000107. The Kier molecular flexibility index (Phi) is 10.9. The molecule has 0 amide bonds. The van der Waals surface area contributed by atoms with Crippen LogP contribution in [0.3, 0.4) is 0 Å². The Labute approximate surface area is 90.6 Å². The van der Waals surface area contributed by atoms with Crippen molar-refractivity contribution in [1.82, 2.24) is 0 Å². The number of hydrogen-bond acceptors (Lipinski definition) is 6. The summed E-state index contributed by atoms with van der Waals surface area (Å²) in [6, 6.07) is 0. The van der Waals surface area contributed by atoms with Gasteiger partial charge in [0.25, 0.3) is 0 Å². The van der Waals surface area contributed by atoms with Crippen molar-refractivity contribution >= 4 is 31.2 Å². The molecule has 0 aliphatic heterocycles. The molecule has 0 aromatic carbocycles. The third-order valence-corrected chi connectivity index (χ3v) is 0. The van der Waals surface area contributed by atoms with Gasteiger partial charge in [-0.25, -0.2) is 4.55 Å². The van der Waals surface area contributed by atoms with Crippen LogP contribution in [0.1, 0.15) is 0 Å². The van der Waals surface area contributed by atoms with Gasteiger partial charge >= 0.3 is 38.7 Å². The van der Waals surface area contributed by atoms with Crippen LogP contribution in [0.5, 0.6) is 0 Å². The largest absolute Gasteiger partial charge is 1.00 e. The van der Waals surface area contributed by atoms with Crippen molar-refractivity contribution in [2.24, 2.45) is 0 Å². The molecule has 0 bridgehead atoms. The fourth-order valence-corrected chi connectivity index (χ4v) is 0. The van der Waals surface area contributed by atoms with Gasteiger partial charge in [0.2, 0.25) is 0 Å². The topological polar surface area (TPSA) is 135 Å². The first-order valence-corrected chi connectivity index (χ1v) is 5.38. The van der Waals surface area contributed by atoms with Gasteiger partial charge in [-0.2, -0.15) is 8.42 Å². The zero-order valence-corrected chi connectivity index (χ0v) is 9.85. The SMILES string of the molecule is O=S(=O)(O)[SH2+].O=S(=O)([O-])[O-].[Na+]. The molecule has 0 aromatic heterocycles. The maximum atomic E-state index is 9.10. The maximum Gasteiger partial charge on any atom is 1.00 e. The van der Waals surface area contributed by atoms with Crippen molar-refractivity contribution in [3.05, 3.63) is 0 Å². The Bertz CT molecular complexity index is 210. The molecule has 0 saturated carbocycles. The zero-order chi connectivity index (χ0) is 9.00. The number of hydrogen-bond donors (Lipinski definition) is 1. The van der Waals surface area contributed by atoms with Crippen molar-refractivity contribution in [3.63, 3.8) is 0 Å². The van der Waals surface area contributed by atoms with Crippen LogP contribution in [0.15, 0.2) is 0 Å². The summed E-state index contributed by atoms with van der Waals surface area (Å²) in [6.07, 6.45) is 0. The summed E-state index contributed by atoms with van der Waals surface area (Å²) >= 11 is 1.95. The van der Waals surface area contributed by atoms with Crippen LogP contribution in [-0.2, 0) is 31.2 Å². The third kappa shape index (κ3) is 727. The molecule has 0 rings (SSSR count). The van der Waals surface area contributed by atoms with Crippen molar-refractivity contribution in [2.75, 3.05) is 0 Å². The van der Waals surface area contributed by atoms with Gasteiger partial charge in [0.05, 0.1) is 0 Å². The van der Waals surface area contributed by atoms with Crippen molar-refractivity contribution < 1.29 is 60.1 Å². The summed E-state index contributed by atoms with van der Waals surface area (Å²) in [4.78, 5) is 0. The van der Waals surface area contributed by atoms with E-state index < -0.39 is 19.5 Å². The normalized spacial score (nSPS) is 10.5. The Hall–Kier alpha value is 1.13. The van der Waals surface area contributed by atoms with Crippen LogP contribution in [0, 0.1) is 0 Å². The van der Waals surface area contributed by atoms with Gasteiger partial charge in [-0.1, -0.05) is 0 Å². The molecule has 0 spiro atoms. The maximum absolute atomic E-state index is 9.10. The van der Waals surface area contributed by atoms with Crippen LogP contribution in [0.25, 0.3) is 0 Å². The first kappa shape index (κ1) is 18.0. The van der Waals surface area contributed by atoms with Crippen LogP contribution in [-0.4, -0.2) is 30.5 Å². The molecule has 0 aliphatic rings. The minimum Gasteiger partial charge on any atom is -0.759 e. The van der Waals surface area contributed by atoms with Crippen molar-refractivity contribution in [3.8, 4) is 0 Å². The molecule has 11 heteroatoms. The van der Waals surface area contributed by atoms with E-state index in [1.54, 1.807) is 0 Å². The van der Waals surface area contributed by atoms with Crippen LogP contribution in [0.2, 0.25) is 0 Å². The molecule has 64 valence electrons. The van der Waals surface area contributed by atoms with E-state index in [-0.39, 0.29) is 29.6 Å². The molecular weight excluding hydrogens is 231 g/mol. The summed E-state index contributed by atoms with van der Waals surface area (Å²) in [5.41, 5.74) is 0. The fourth-order valence-electron chi connectivity index (χ4n) is 0. The second-order valence-corrected chi connectivity index (χ2v) is 4.20. The summed E-state index contributed by atoms with van der Waals surface area (Å²) in [7, 11) is -9.03. The van der Waals surface area contributed by atoms with Crippen LogP contribution < -0.4 is 29.6 Å². The molecule has 0 saturated heterocycles. The van der Waals surface area contributed by atoms with E-state index >= 15 is 0 Å². The third-order valence-electron chi connectivity index (χ3n) is 0. The predicted molar refractivity (Wildman–Crippen MR) is 32.2 cm³/mol. The molecule has 0 aliphatic carbocycles. The Morgan fingerprint density at radius 3 is 1.09 bits per heavy atom. The van der Waals surface area contributed by atoms with Gasteiger partial charge in [-0.3, -0.25) is 8.42 Å².